The molecule has 1 aromatic rings. The molecule has 6 nitrogen and oxygen atoms in total. The Labute approximate surface area is 108 Å². The lowest BCUT2D eigenvalue weighted by molar-refractivity contribution is 0.0500. The summed E-state index contributed by atoms with van der Waals surface area (Å²) < 4.78 is 6.78. The van der Waals surface area contributed by atoms with Gasteiger partial charge in [-0.15, -0.1) is 10.2 Å². The number of likely N-dealkylation sites (N-methyl/N-ethyl adjacent to an activating group) is 1. The minimum atomic E-state index is -0.423. The lowest BCUT2D eigenvalue weighted by Crippen LogP contribution is -2.42. The highest BCUT2D eigenvalue weighted by Crippen LogP contribution is 2.16. The van der Waals surface area contributed by atoms with Crippen molar-refractivity contribution in [3.05, 3.63) is 11.6 Å². The highest BCUT2D eigenvalue weighted by Gasteiger charge is 2.26. The minimum Gasteiger partial charge on any atom is -0.460 e. The maximum absolute atomic E-state index is 11.8. The molecule has 1 heterocycles. The Morgan fingerprint density at radius 1 is 1.39 bits per heavy atom. The quantitative estimate of drug-likeness (QED) is 0.736. The molecule has 0 atom stereocenters. The Bertz CT molecular complexity index is 424. The third kappa shape index (κ3) is 3.07. The zero-order valence-electron chi connectivity index (χ0n) is 12.0. The summed E-state index contributed by atoms with van der Waals surface area (Å²) in [7, 11) is 4.01. The Balaban J connectivity index is 3.02. The van der Waals surface area contributed by atoms with E-state index in [4.69, 9.17) is 4.74 Å². The van der Waals surface area contributed by atoms with Gasteiger partial charge in [0.05, 0.1) is 6.61 Å². The van der Waals surface area contributed by atoms with Crippen molar-refractivity contribution in [1.29, 1.82) is 0 Å². The number of hydrogen-bond donors (Lipinski definition) is 0. The molecule has 0 aliphatic carbocycles. The molecule has 0 unspecified atom stereocenters. The molecular formula is C12H22N4O2. The highest BCUT2D eigenvalue weighted by molar-refractivity contribution is 5.85. The summed E-state index contributed by atoms with van der Waals surface area (Å²) in [5, 5.41) is 7.85. The first-order valence-corrected chi connectivity index (χ1v) is 6.04. The van der Waals surface area contributed by atoms with Gasteiger partial charge in [-0.05, 0) is 41.8 Å². The monoisotopic (exact) mass is 254 g/mol. The van der Waals surface area contributed by atoms with Crippen LogP contribution in [0.5, 0.6) is 0 Å². The number of esters is 1. The van der Waals surface area contributed by atoms with Crippen molar-refractivity contribution < 1.29 is 9.53 Å². The van der Waals surface area contributed by atoms with Crippen LogP contribution in [0.4, 0.5) is 0 Å². The second kappa shape index (κ2) is 5.48. The number of nitrogens with zero attached hydrogens (tertiary/aromatic N) is 4. The molecule has 0 aliphatic rings. The lowest BCUT2D eigenvalue weighted by Gasteiger charge is -2.33. The molecule has 0 aromatic carbocycles. The molecule has 6 heteroatoms. The van der Waals surface area contributed by atoms with Gasteiger partial charge in [-0.25, -0.2) is 4.79 Å². The molecule has 0 fully saturated rings. The van der Waals surface area contributed by atoms with Crippen LogP contribution in [0.1, 0.15) is 37.2 Å². The molecule has 0 spiro atoms. The highest BCUT2D eigenvalue weighted by atomic mass is 16.5. The van der Waals surface area contributed by atoms with E-state index in [1.807, 2.05) is 21.0 Å². The van der Waals surface area contributed by atoms with Crippen LogP contribution in [0.15, 0.2) is 0 Å². The number of aromatic nitrogens is 3. The normalized spacial score (nSPS) is 11.9. The average Bonchev–Trinajstić information content (AvgIpc) is 2.60. The first-order chi connectivity index (χ1) is 8.29. The first-order valence-electron chi connectivity index (χ1n) is 6.04. The topological polar surface area (TPSA) is 60.2 Å². The van der Waals surface area contributed by atoms with E-state index in [-0.39, 0.29) is 11.4 Å². The summed E-state index contributed by atoms with van der Waals surface area (Å²) >= 11 is 0. The van der Waals surface area contributed by atoms with E-state index in [9.17, 15) is 4.79 Å². The summed E-state index contributed by atoms with van der Waals surface area (Å²) in [6.07, 6.45) is 0. The Morgan fingerprint density at radius 2 is 2.00 bits per heavy atom. The standard InChI is InChI=1S/C12H22N4O2/c1-7-18-11(17)10-14-13-9(2)16(10)8-12(3,4)15(5)6/h7-8H2,1-6H3. The van der Waals surface area contributed by atoms with Gasteiger partial charge in [0.2, 0.25) is 5.82 Å². The fourth-order valence-electron chi connectivity index (χ4n) is 1.45. The largest absolute Gasteiger partial charge is 0.460 e. The van der Waals surface area contributed by atoms with Crippen LogP contribution in [-0.2, 0) is 11.3 Å². The van der Waals surface area contributed by atoms with Crippen molar-refractivity contribution in [3.63, 3.8) is 0 Å². The van der Waals surface area contributed by atoms with Crippen LogP contribution < -0.4 is 0 Å². The van der Waals surface area contributed by atoms with Gasteiger partial charge in [0, 0.05) is 12.1 Å². The minimum absolute atomic E-state index is 0.103. The van der Waals surface area contributed by atoms with Crippen LogP contribution in [0.25, 0.3) is 0 Å². The van der Waals surface area contributed by atoms with Gasteiger partial charge in [0.1, 0.15) is 5.82 Å². The van der Waals surface area contributed by atoms with E-state index in [2.05, 4.69) is 28.9 Å². The second-order valence-corrected chi connectivity index (χ2v) is 5.08. The number of aryl methyl sites for hydroxylation is 1. The predicted molar refractivity (Wildman–Crippen MR) is 68.5 cm³/mol. The number of carbonyl (C=O) groups excluding carboxylic acids is 1. The molecule has 0 bridgehead atoms. The number of ether oxygens (including phenoxy) is 1. The molecule has 0 aliphatic heterocycles. The van der Waals surface area contributed by atoms with E-state index in [0.717, 1.165) is 0 Å². The molecule has 18 heavy (non-hydrogen) atoms. The second-order valence-electron chi connectivity index (χ2n) is 5.08. The summed E-state index contributed by atoms with van der Waals surface area (Å²) in [6, 6.07) is 0. The number of rotatable bonds is 5. The van der Waals surface area contributed by atoms with Gasteiger partial charge in [0.25, 0.3) is 0 Å². The maximum Gasteiger partial charge on any atom is 0.376 e. The Hall–Kier alpha value is -1.43. The molecular weight excluding hydrogens is 232 g/mol. The predicted octanol–water partition coefficient (Wildman–Crippen LogP) is 1.10. The Kier molecular flexibility index (Phi) is 4.45. The summed E-state index contributed by atoms with van der Waals surface area (Å²) in [5.41, 5.74) is -0.103. The fourth-order valence-corrected chi connectivity index (χ4v) is 1.45. The van der Waals surface area contributed by atoms with Gasteiger partial charge in [-0.2, -0.15) is 0 Å². The summed E-state index contributed by atoms with van der Waals surface area (Å²) in [6.45, 7) is 8.77. The van der Waals surface area contributed by atoms with Crippen LogP contribution in [0.2, 0.25) is 0 Å². The fraction of sp³-hybridized carbons (Fsp3) is 0.750. The zero-order valence-corrected chi connectivity index (χ0v) is 12.0. The molecule has 102 valence electrons. The van der Waals surface area contributed by atoms with E-state index >= 15 is 0 Å². The molecule has 0 saturated carbocycles. The smallest absolute Gasteiger partial charge is 0.376 e. The SMILES string of the molecule is CCOC(=O)c1nnc(C)n1CC(C)(C)N(C)C. The third-order valence-electron chi connectivity index (χ3n) is 3.15. The van der Waals surface area contributed by atoms with Crippen molar-refractivity contribution in [2.45, 2.75) is 39.8 Å². The Morgan fingerprint density at radius 3 is 2.50 bits per heavy atom. The molecule has 0 saturated heterocycles. The van der Waals surface area contributed by atoms with E-state index in [1.54, 1.807) is 11.5 Å². The van der Waals surface area contributed by atoms with E-state index in [0.29, 0.717) is 19.0 Å². The van der Waals surface area contributed by atoms with Crippen molar-refractivity contribution in [3.8, 4) is 0 Å². The summed E-state index contributed by atoms with van der Waals surface area (Å²) in [5.74, 6) is 0.560. The van der Waals surface area contributed by atoms with E-state index in [1.165, 1.54) is 0 Å². The zero-order chi connectivity index (χ0) is 13.9. The number of carbonyl (C=O) groups is 1. The van der Waals surface area contributed by atoms with Gasteiger partial charge in [-0.1, -0.05) is 0 Å². The molecule has 0 amide bonds. The molecule has 1 rings (SSSR count). The van der Waals surface area contributed by atoms with Crippen LogP contribution >= 0.6 is 0 Å². The lowest BCUT2D eigenvalue weighted by atomic mass is 10.0. The summed E-state index contributed by atoms with van der Waals surface area (Å²) in [4.78, 5) is 13.9. The van der Waals surface area contributed by atoms with Crippen LogP contribution in [0, 0.1) is 6.92 Å². The first kappa shape index (κ1) is 14.6. The van der Waals surface area contributed by atoms with Crippen molar-refractivity contribution >= 4 is 5.97 Å². The third-order valence-corrected chi connectivity index (χ3v) is 3.15. The van der Waals surface area contributed by atoms with Gasteiger partial charge >= 0.3 is 5.97 Å². The van der Waals surface area contributed by atoms with Gasteiger partial charge in [-0.3, -0.25) is 0 Å². The molecule has 0 radical (unpaired) electrons. The van der Waals surface area contributed by atoms with Crippen molar-refractivity contribution in [2.24, 2.45) is 0 Å². The van der Waals surface area contributed by atoms with E-state index < -0.39 is 5.97 Å². The number of hydrogen-bond acceptors (Lipinski definition) is 5. The molecule has 0 N–H and O–H groups in total. The molecule has 1 aromatic heterocycles. The van der Waals surface area contributed by atoms with Crippen LogP contribution in [-0.4, -0.2) is 51.9 Å². The van der Waals surface area contributed by atoms with Gasteiger partial charge < -0.3 is 14.2 Å². The van der Waals surface area contributed by atoms with Crippen LogP contribution in [0.3, 0.4) is 0 Å². The van der Waals surface area contributed by atoms with Gasteiger partial charge in [0.15, 0.2) is 0 Å². The maximum atomic E-state index is 11.8. The van der Waals surface area contributed by atoms with Crippen molar-refractivity contribution in [1.82, 2.24) is 19.7 Å². The van der Waals surface area contributed by atoms with Crippen molar-refractivity contribution in [2.75, 3.05) is 20.7 Å². The average molecular weight is 254 g/mol.